The second kappa shape index (κ2) is 4.64. The van der Waals surface area contributed by atoms with Gasteiger partial charge in [0.15, 0.2) is 16.7 Å². The highest BCUT2D eigenvalue weighted by Gasteiger charge is 2.23. The molecule has 8 heteroatoms. The number of hydrogen-bond acceptors (Lipinski definition) is 6. The van der Waals surface area contributed by atoms with E-state index in [0.29, 0.717) is 11.0 Å². The van der Waals surface area contributed by atoms with Gasteiger partial charge in [-0.15, -0.1) is 5.10 Å². The summed E-state index contributed by atoms with van der Waals surface area (Å²) in [6, 6.07) is 5.85. The average molecular weight is 288 g/mol. The van der Waals surface area contributed by atoms with Crippen molar-refractivity contribution in [2.75, 3.05) is 11.6 Å². The molecule has 3 rings (SSSR count). The number of nitrogens with zero attached hydrogens (tertiary/aromatic N) is 4. The summed E-state index contributed by atoms with van der Waals surface area (Å²) in [6.07, 6.45) is 1.89. The Morgan fingerprint density at radius 1 is 1.45 bits per heavy atom. The topological polar surface area (TPSA) is 98.2 Å². The summed E-state index contributed by atoms with van der Waals surface area (Å²) in [5.74, 6) is -0.303. The minimum Gasteiger partial charge on any atom is -0.364 e. The van der Waals surface area contributed by atoms with Gasteiger partial charge in [-0.25, -0.2) is 4.99 Å². The Kier molecular flexibility index (Phi) is 2.94. The van der Waals surface area contributed by atoms with E-state index >= 15 is 0 Å². The second-order valence-corrected chi connectivity index (χ2v) is 5.10. The maximum absolute atomic E-state index is 11.4. The van der Waals surface area contributed by atoms with Crippen LogP contribution >= 0.6 is 11.8 Å². The van der Waals surface area contributed by atoms with Crippen molar-refractivity contribution in [2.45, 2.75) is 6.92 Å². The van der Waals surface area contributed by atoms with E-state index in [1.54, 1.807) is 0 Å². The van der Waals surface area contributed by atoms with E-state index in [-0.39, 0.29) is 5.69 Å². The van der Waals surface area contributed by atoms with Crippen molar-refractivity contribution in [3.8, 4) is 5.69 Å². The van der Waals surface area contributed by atoms with Crippen LogP contribution in [-0.2, 0) is 0 Å². The first-order valence-electron chi connectivity index (χ1n) is 5.86. The third kappa shape index (κ3) is 1.94. The fourth-order valence-corrected chi connectivity index (χ4v) is 2.36. The van der Waals surface area contributed by atoms with Gasteiger partial charge in [-0.2, -0.15) is 4.68 Å². The monoisotopic (exact) mass is 288 g/mol. The van der Waals surface area contributed by atoms with Gasteiger partial charge >= 0.3 is 0 Å². The van der Waals surface area contributed by atoms with Crippen LogP contribution in [0.3, 0.4) is 0 Å². The number of fused-ring (bicyclic) bond motifs is 3. The molecule has 20 heavy (non-hydrogen) atoms. The smallest absolute Gasteiger partial charge is 0.273 e. The Balaban J connectivity index is 2.30. The highest BCUT2D eigenvalue weighted by Crippen LogP contribution is 2.31. The number of primary amides is 1. The van der Waals surface area contributed by atoms with Gasteiger partial charge in [0, 0.05) is 0 Å². The van der Waals surface area contributed by atoms with Gasteiger partial charge < -0.3 is 11.1 Å². The molecule has 1 aromatic carbocycles. The van der Waals surface area contributed by atoms with Crippen LogP contribution in [0.5, 0.6) is 0 Å². The van der Waals surface area contributed by atoms with Gasteiger partial charge in [0.1, 0.15) is 0 Å². The minimum absolute atomic E-state index is 0.0618. The molecule has 0 saturated heterocycles. The fourth-order valence-electron chi connectivity index (χ4n) is 1.97. The van der Waals surface area contributed by atoms with Crippen molar-refractivity contribution in [2.24, 2.45) is 10.7 Å². The number of carbonyl (C=O) groups is 1. The second-order valence-electron chi connectivity index (χ2n) is 4.30. The molecular formula is C12H12N6OS. The quantitative estimate of drug-likeness (QED) is 0.827. The van der Waals surface area contributed by atoms with Gasteiger partial charge in [0.25, 0.3) is 5.91 Å². The van der Waals surface area contributed by atoms with Gasteiger partial charge in [-0.05, 0) is 30.9 Å². The van der Waals surface area contributed by atoms with E-state index in [1.807, 2.05) is 31.4 Å². The lowest BCUT2D eigenvalue weighted by Crippen LogP contribution is -2.12. The number of amidine groups is 1. The predicted octanol–water partition coefficient (Wildman–Crippen LogP) is 1.45. The molecule has 1 aromatic heterocycles. The number of rotatable bonds is 1. The molecule has 1 aliphatic rings. The zero-order valence-electron chi connectivity index (χ0n) is 10.9. The number of hydrogen-bond donors (Lipinski definition) is 2. The summed E-state index contributed by atoms with van der Waals surface area (Å²) in [6.45, 7) is 2.00. The molecule has 0 bridgehead atoms. The van der Waals surface area contributed by atoms with Crippen LogP contribution in [0.15, 0.2) is 23.2 Å². The van der Waals surface area contributed by atoms with Crippen molar-refractivity contribution < 1.29 is 4.79 Å². The zero-order valence-corrected chi connectivity index (χ0v) is 11.7. The first-order chi connectivity index (χ1) is 9.60. The predicted molar refractivity (Wildman–Crippen MR) is 78.8 cm³/mol. The van der Waals surface area contributed by atoms with E-state index in [9.17, 15) is 4.79 Å². The molecule has 7 nitrogen and oxygen atoms in total. The zero-order chi connectivity index (χ0) is 14.3. The number of benzene rings is 1. The van der Waals surface area contributed by atoms with E-state index in [0.717, 1.165) is 16.9 Å². The number of nitrogens with two attached hydrogens (primary N) is 1. The molecule has 1 aliphatic heterocycles. The van der Waals surface area contributed by atoms with Gasteiger partial charge in [0.2, 0.25) is 0 Å². The molecule has 0 aliphatic carbocycles. The van der Waals surface area contributed by atoms with Crippen molar-refractivity contribution in [1.29, 1.82) is 0 Å². The third-order valence-corrected chi connectivity index (χ3v) is 3.48. The van der Waals surface area contributed by atoms with Crippen LogP contribution in [0.4, 0.5) is 11.5 Å². The number of anilines is 1. The molecule has 0 fully saturated rings. The van der Waals surface area contributed by atoms with Crippen molar-refractivity contribution in [3.63, 3.8) is 0 Å². The summed E-state index contributed by atoms with van der Waals surface area (Å²) < 4.78 is 1.52. The van der Waals surface area contributed by atoms with Crippen LogP contribution in [0.1, 0.15) is 16.1 Å². The van der Waals surface area contributed by atoms with E-state index in [4.69, 9.17) is 5.73 Å². The molecule has 0 atom stereocenters. The number of carbonyl (C=O) groups excluding carboxylic acids is 1. The molecule has 0 unspecified atom stereocenters. The number of thioether (sulfide) groups is 1. The Hall–Kier alpha value is -2.35. The van der Waals surface area contributed by atoms with E-state index in [2.05, 4.69) is 20.6 Å². The summed E-state index contributed by atoms with van der Waals surface area (Å²) in [5, 5.41) is 11.7. The van der Waals surface area contributed by atoms with E-state index in [1.165, 1.54) is 16.4 Å². The van der Waals surface area contributed by atoms with Gasteiger partial charge in [-0.3, -0.25) is 4.79 Å². The van der Waals surface area contributed by atoms with Crippen molar-refractivity contribution >= 4 is 34.3 Å². The van der Waals surface area contributed by atoms with Crippen molar-refractivity contribution in [3.05, 3.63) is 29.5 Å². The highest BCUT2D eigenvalue weighted by atomic mass is 32.2. The summed E-state index contributed by atoms with van der Waals surface area (Å²) in [5.41, 5.74) is 8.12. The van der Waals surface area contributed by atoms with E-state index < -0.39 is 5.91 Å². The Labute approximate surface area is 119 Å². The third-order valence-electron chi connectivity index (χ3n) is 2.90. The number of aryl methyl sites for hydroxylation is 1. The molecule has 0 saturated carbocycles. The number of aromatic nitrogens is 3. The molecule has 0 spiro atoms. The molecule has 2 heterocycles. The van der Waals surface area contributed by atoms with Crippen LogP contribution in [-0.4, -0.2) is 32.3 Å². The largest absolute Gasteiger partial charge is 0.364 e. The normalized spacial score (nSPS) is 12.8. The highest BCUT2D eigenvalue weighted by molar-refractivity contribution is 8.13. The number of amides is 1. The average Bonchev–Trinajstić information content (AvgIpc) is 2.75. The molecule has 0 radical (unpaired) electrons. The maximum atomic E-state index is 11.4. The standard InChI is InChI=1S/C12H12N6OS/c1-6-3-4-8-7(5-6)14-12(20-2)15-11-9(10(13)19)16-17-18(8)11/h3-5H,1-2H3,(H2,13,19)(H,14,15). The molecule has 3 N–H and O–H groups in total. The number of aliphatic imine (C=N–C) groups is 1. The molecule has 102 valence electrons. The van der Waals surface area contributed by atoms with Crippen LogP contribution in [0.25, 0.3) is 5.69 Å². The molecule has 1 amide bonds. The fraction of sp³-hybridized carbons (Fsp3) is 0.167. The summed E-state index contributed by atoms with van der Waals surface area (Å²) in [4.78, 5) is 15.8. The Bertz CT molecular complexity index is 736. The molecule has 2 aromatic rings. The van der Waals surface area contributed by atoms with Crippen LogP contribution in [0, 0.1) is 6.92 Å². The lowest BCUT2D eigenvalue weighted by atomic mass is 10.2. The van der Waals surface area contributed by atoms with Gasteiger partial charge in [0.05, 0.1) is 11.4 Å². The van der Waals surface area contributed by atoms with Crippen LogP contribution in [0.2, 0.25) is 0 Å². The summed E-state index contributed by atoms with van der Waals surface area (Å²) in [7, 11) is 0. The minimum atomic E-state index is -0.647. The number of nitrogens with one attached hydrogen (secondary N) is 1. The lowest BCUT2D eigenvalue weighted by molar-refractivity contribution is 0.0996. The summed E-state index contributed by atoms with van der Waals surface area (Å²) >= 11 is 1.43. The Morgan fingerprint density at radius 2 is 2.25 bits per heavy atom. The first-order valence-corrected chi connectivity index (χ1v) is 7.09. The van der Waals surface area contributed by atoms with Gasteiger partial charge in [-0.1, -0.05) is 23.0 Å². The maximum Gasteiger partial charge on any atom is 0.273 e. The SMILES string of the molecule is CSC1=Nc2c(C(N)=O)nnn2-c2ccc(C)cc2N1. The van der Waals surface area contributed by atoms with Crippen LogP contribution < -0.4 is 11.1 Å². The Morgan fingerprint density at radius 3 is 2.95 bits per heavy atom. The van der Waals surface area contributed by atoms with Crippen molar-refractivity contribution in [1.82, 2.24) is 15.0 Å². The molecular weight excluding hydrogens is 276 g/mol. The lowest BCUT2D eigenvalue weighted by Gasteiger charge is -2.09. The first kappa shape index (κ1) is 12.7.